The van der Waals surface area contributed by atoms with Gasteiger partial charge in [0.05, 0.1) is 11.4 Å². The van der Waals surface area contributed by atoms with Crippen molar-refractivity contribution in [2.45, 2.75) is 31.8 Å². The summed E-state index contributed by atoms with van der Waals surface area (Å²) >= 11 is 0. The molecule has 0 aromatic heterocycles. The standard InChI is InChI=1S/C21H22F2N4O/c1-12-10-27(11-13(2)25-12)20-6-4-15(8-18(20)23)24-9-17-16-5-3-14(22)7-19(16)26-21(17)28/h3-9,12-13,17,25H,10-11H2,1-2H3,(H,26,28). The molecule has 2 N–H and O–H groups in total. The lowest BCUT2D eigenvalue weighted by Gasteiger charge is -2.37. The van der Waals surface area contributed by atoms with Crippen molar-refractivity contribution in [2.24, 2.45) is 4.99 Å². The fourth-order valence-electron chi connectivity index (χ4n) is 3.92. The molecule has 3 unspecified atom stereocenters. The highest BCUT2D eigenvalue weighted by Crippen LogP contribution is 2.33. The van der Waals surface area contributed by atoms with Gasteiger partial charge in [0, 0.05) is 43.1 Å². The maximum atomic E-state index is 14.7. The van der Waals surface area contributed by atoms with Gasteiger partial charge in [0.15, 0.2) is 0 Å². The molecule has 2 aliphatic heterocycles. The van der Waals surface area contributed by atoms with Gasteiger partial charge in [-0.15, -0.1) is 0 Å². The number of halogens is 2. The van der Waals surface area contributed by atoms with Crippen molar-refractivity contribution in [1.29, 1.82) is 0 Å². The number of anilines is 2. The summed E-state index contributed by atoms with van der Waals surface area (Å²) in [7, 11) is 0. The third kappa shape index (κ3) is 3.62. The van der Waals surface area contributed by atoms with E-state index in [0.717, 1.165) is 13.1 Å². The minimum absolute atomic E-state index is 0.273. The number of fused-ring (bicyclic) bond motifs is 1. The molecule has 0 bridgehead atoms. The molecule has 146 valence electrons. The van der Waals surface area contributed by atoms with Crippen LogP contribution in [-0.4, -0.2) is 37.3 Å². The summed E-state index contributed by atoms with van der Waals surface area (Å²) in [6.07, 6.45) is 1.47. The van der Waals surface area contributed by atoms with Crippen molar-refractivity contribution in [3.63, 3.8) is 0 Å². The Kier molecular flexibility index (Phi) is 4.85. The fourth-order valence-corrected chi connectivity index (χ4v) is 3.92. The Hall–Kier alpha value is -2.80. The van der Waals surface area contributed by atoms with Gasteiger partial charge >= 0.3 is 0 Å². The molecule has 2 aliphatic rings. The van der Waals surface area contributed by atoms with Gasteiger partial charge in [-0.2, -0.15) is 0 Å². The number of amides is 1. The van der Waals surface area contributed by atoms with E-state index >= 15 is 0 Å². The summed E-state index contributed by atoms with van der Waals surface area (Å²) in [5, 5.41) is 6.07. The average molecular weight is 384 g/mol. The van der Waals surface area contributed by atoms with E-state index in [2.05, 4.69) is 29.5 Å². The first-order chi connectivity index (χ1) is 13.4. The van der Waals surface area contributed by atoms with Crippen LogP contribution in [0.4, 0.5) is 25.8 Å². The highest BCUT2D eigenvalue weighted by Gasteiger charge is 2.29. The van der Waals surface area contributed by atoms with Crippen LogP contribution in [0.5, 0.6) is 0 Å². The second-order valence-electron chi connectivity index (χ2n) is 7.49. The zero-order chi connectivity index (χ0) is 19.8. The molecule has 1 saturated heterocycles. The zero-order valence-electron chi connectivity index (χ0n) is 15.7. The summed E-state index contributed by atoms with van der Waals surface area (Å²) < 4.78 is 28.0. The largest absolute Gasteiger partial charge is 0.366 e. The van der Waals surface area contributed by atoms with Crippen molar-refractivity contribution in [3.05, 3.63) is 53.6 Å². The third-order valence-corrected chi connectivity index (χ3v) is 5.09. The molecule has 0 radical (unpaired) electrons. The third-order valence-electron chi connectivity index (χ3n) is 5.09. The van der Waals surface area contributed by atoms with E-state index in [9.17, 15) is 13.6 Å². The predicted molar refractivity (Wildman–Crippen MR) is 107 cm³/mol. The van der Waals surface area contributed by atoms with Crippen LogP contribution < -0.4 is 15.5 Å². The predicted octanol–water partition coefficient (Wildman–Crippen LogP) is 3.59. The van der Waals surface area contributed by atoms with E-state index < -0.39 is 11.7 Å². The Morgan fingerprint density at radius 2 is 1.86 bits per heavy atom. The number of nitrogens with zero attached hydrogens (tertiary/aromatic N) is 2. The monoisotopic (exact) mass is 384 g/mol. The molecular weight excluding hydrogens is 362 g/mol. The summed E-state index contributed by atoms with van der Waals surface area (Å²) in [5.41, 5.74) is 2.10. The molecule has 2 aromatic rings. The maximum absolute atomic E-state index is 14.7. The van der Waals surface area contributed by atoms with E-state index in [-0.39, 0.29) is 23.8 Å². The minimum Gasteiger partial charge on any atom is -0.366 e. The molecule has 2 aromatic carbocycles. The smallest absolute Gasteiger partial charge is 0.237 e. The lowest BCUT2D eigenvalue weighted by molar-refractivity contribution is -0.115. The van der Waals surface area contributed by atoms with Gasteiger partial charge in [0.1, 0.15) is 17.6 Å². The van der Waals surface area contributed by atoms with Crippen LogP contribution in [0.15, 0.2) is 41.4 Å². The van der Waals surface area contributed by atoms with E-state index in [1.165, 1.54) is 24.4 Å². The van der Waals surface area contributed by atoms with Gasteiger partial charge in [0.2, 0.25) is 5.91 Å². The molecule has 7 heteroatoms. The number of hydrogen-bond acceptors (Lipinski definition) is 4. The lowest BCUT2D eigenvalue weighted by Crippen LogP contribution is -2.54. The first kappa shape index (κ1) is 18.6. The Morgan fingerprint density at radius 3 is 2.57 bits per heavy atom. The molecule has 28 heavy (non-hydrogen) atoms. The van der Waals surface area contributed by atoms with Gasteiger partial charge < -0.3 is 15.5 Å². The lowest BCUT2D eigenvalue weighted by atomic mass is 10.0. The Balaban J connectivity index is 1.53. The van der Waals surface area contributed by atoms with Crippen LogP contribution in [0.3, 0.4) is 0 Å². The van der Waals surface area contributed by atoms with Gasteiger partial charge in [0.25, 0.3) is 0 Å². The quantitative estimate of drug-likeness (QED) is 0.796. The minimum atomic E-state index is -0.617. The van der Waals surface area contributed by atoms with Crippen molar-refractivity contribution < 1.29 is 13.6 Å². The van der Waals surface area contributed by atoms with E-state index in [0.29, 0.717) is 22.6 Å². The summed E-state index contributed by atoms with van der Waals surface area (Å²) in [6, 6.07) is 9.57. The molecule has 5 nitrogen and oxygen atoms in total. The van der Waals surface area contributed by atoms with Gasteiger partial charge in [-0.1, -0.05) is 6.07 Å². The summed E-state index contributed by atoms with van der Waals surface area (Å²) in [6.45, 7) is 5.63. The van der Waals surface area contributed by atoms with Crippen LogP contribution in [0.25, 0.3) is 0 Å². The van der Waals surface area contributed by atoms with Gasteiger partial charge in [-0.25, -0.2) is 8.78 Å². The highest BCUT2D eigenvalue weighted by atomic mass is 19.1. The number of piperazine rings is 1. The molecule has 0 aliphatic carbocycles. The number of benzene rings is 2. The molecule has 0 spiro atoms. The van der Waals surface area contributed by atoms with Crippen molar-refractivity contribution in [1.82, 2.24) is 5.32 Å². The second kappa shape index (κ2) is 7.31. The molecule has 2 heterocycles. The topological polar surface area (TPSA) is 56.7 Å². The number of aliphatic imine (C=N–C) groups is 1. The van der Waals surface area contributed by atoms with E-state index in [1.54, 1.807) is 18.2 Å². The van der Waals surface area contributed by atoms with Crippen LogP contribution >= 0.6 is 0 Å². The summed E-state index contributed by atoms with van der Waals surface area (Å²) in [4.78, 5) is 18.5. The number of carbonyl (C=O) groups excluding carboxylic acids is 1. The summed E-state index contributed by atoms with van der Waals surface area (Å²) in [5.74, 6) is -1.64. The molecular formula is C21H22F2N4O. The van der Waals surface area contributed by atoms with Crippen molar-refractivity contribution in [2.75, 3.05) is 23.3 Å². The Morgan fingerprint density at radius 1 is 1.11 bits per heavy atom. The fraction of sp³-hybridized carbons (Fsp3) is 0.333. The van der Waals surface area contributed by atoms with E-state index in [1.807, 2.05) is 4.90 Å². The second-order valence-corrected chi connectivity index (χ2v) is 7.49. The van der Waals surface area contributed by atoms with Gasteiger partial charge in [-0.3, -0.25) is 9.79 Å². The average Bonchev–Trinajstić information content (AvgIpc) is 2.93. The number of hydrogen-bond donors (Lipinski definition) is 2. The molecule has 1 fully saturated rings. The van der Waals surface area contributed by atoms with Gasteiger partial charge in [-0.05, 0) is 43.7 Å². The SMILES string of the molecule is CC1CN(c2ccc(N=CC3C(=O)Nc4cc(F)ccc43)cc2F)CC(C)N1. The number of rotatable bonds is 3. The van der Waals surface area contributed by atoms with Crippen molar-refractivity contribution in [3.8, 4) is 0 Å². The Bertz CT molecular complexity index is 936. The molecule has 1 amide bonds. The normalized spacial score (nSPS) is 24.5. The number of nitrogens with one attached hydrogen (secondary N) is 2. The number of carbonyl (C=O) groups is 1. The first-order valence-electron chi connectivity index (χ1n) is 9.36. The molecule has 0 saturated carbocycles. The van der Waals surface area contributed by atoms with E-state index in [4.69, 9.17) is 0 Å². The Labute approximate surface area is 162 Å². The molecule has 4 rings (SSSR count). The van der Waals surface area contributed by atoms with Crippen LogP contribution in [0.2, 0.25) is 0 Å². The van der Waals surface area contributed by atoms with Crippen LogP contribution in [0, 0.1) is 11.6 Å². The first-order valence-corrected chi connectivity index (χ1v) is 9.36. The highest BCUT2D eigenvalue weighted by molar-refractivity contribution is 6.12. The van der Waals surface area contributed by atoms with Crippen LogP contribution in [-0.2, 0) is 4.79 Å². The maximum Gasteiger partial charge on any atom is 0.237 e. The zero-order valence-corrected chi connectivity index (χ0v) is 15.7. The van der Waals surface area contributed by atoms with Crippen LogP contribution in [0.1, 0.15) is 25.3 Å². The van der Waals surface area contributed by atoms with Crippen molar-refractivity contribution >= 4 is 29.2 Å². The molecule has 3 atom stereocenters.